The van der Waals surface area contributed by atoms with Gasteiger partial charge < -0.3 is 15.2 Å². The molecule has 0 saturated carbocycles. The lowest BCUT2D eigenvalue weighted by atomic mass is 10.1. The Hall–Kier alpha value is -1.46. The number of benzene rings is 2. The Morgan fingerprint density at radius 1 is 1.10 bits per heavy atom. The van der Waals surface area contributed by atoms with E-state index in [1.54, 1.807) is 19.2 Å². The van der Waals surface area contributed by atoms with Gasteiger partial charge in [0.2, 0.25) is 0 Å². The zero-order valence-corrected chi connectivity index (χ0v) is 13.9. The zero-order chi connectivity index (χ0) is 14.5. The predicted molar refractivity (Wildman–Crippen MR) is 89.8 cm³/mol. The van der Waals surface area contributed by atoms with Crippen LogP contribution in [0.25, 0.3) is 6.08 Å². The molecule has 20 heavy (non-hydrogen) atoms. The minimum atomic E-state index is 0.579. The van der Waals surface area contributed by atoms with Crippen molar-refractivity contribution in [3.63, 3.8) is 0 Å². The second-order valence-electron chi connectivity index (χ2n) is 3.95. The first-order valence-electron chi connectivity index (χ1n) is 5.84. The van der Waals surface area contributed by atoms with Gasteiger partial charge in [-0.2, -0.15) is 0 Å². The second kappa shape index (κ2) is 6.81. The summed E-state index contributed by atoms with van der Waals surface area (Å²) in [7, 11) is 1.60. The third-order valence-corrected chi connectivity index (χ3v) is 3.09. The van der Waals surface area contributed by atoms with Crippen molar-refractivity contribution in [2.45, 2.75) is 0 Å². The quantitative estimate of drug-likeness (QED) is 0.723. The molecule has 0 radical (unpaired) electrons. The first kappa shape index (κ1) is 14.9. The van der Waals surface area contributed by atoms with Crippen molar-refractivity contribution in [2.75, 3.05) is 12.8 Å². The van der Waals surface area contributed by atoms with Gasteiger partial charge in [0.15, 0.2) is 11.5 Å². The van der Waals surface area contributed by atoms with E-state index < -0.39 is 0 Å². The summed E-state index contributed by atoms with van der Waals surface area (Å²) in [5.74, 6) is 1.92. The van der Waals surface area contributed by atoms with Gasteiger partial charge in [0, 0.05) is 11.3 Å². The van der Waals surface area contributed by atoms with Gasteiger partial charge in [-0.05, 0) is 62.2 Å². The Morgan fingerprint density at radius 3 is 2.40 bits per heavy atom. The van der Waals surface area contributed by atoms with Crippen LogP contribution in [0.5, 0.6) is 17.2 Å². The standard InChI is InChI=1S/C15H13Br2NO2/c1-19-13-8-7-12(18)11(9-14(16)17)15(13)20-10-5-3-2-4-6-10/h2-9H,18H2,1H3. The Morgan fingerprint density at radius 2 is 1.80 bits per heavy atom. The molecule has 3 nitrogen and oxygen atoms in total. The number of nitrogens with two attached hydrogens (primary N) is 1. The van der Waals surface area contributed by atoms with Crippen LogP contribution in [0.1, 0.15) is 5.56 Å². The Balaban J connectivity index is 2.53. The molecule has 0 amide bonds. The van der Waals surface area contributed by atoms with E-state index in [4.69, 9.17) is 15.2 Å². The molecule has 0 aliphatic heterocycles. The third kappa shape index (κ3) is 3.55. The zero-order valence-electron chi connectivity index (χ0n) is 10.8. The van der Waals surface area contributed by atoms with E-state index in [-0.39, 0.29) is 0 Å². The van der Waals surface area contributed by atoms with E-state index in [1.165, 1.54) is 0 Å². The molecule has 0 aromatic heterocycles. The van der Waals surface area contributed by atoms with Gasteiger partial charge in [-0.3, -0.25) is 0 Å². The van der Waals surface area contributed by atoms with E-state index in [0.717, 1.165) is 14.7 Å². The fourth-order valence-corrected chi connectivity index (χ4v) is 2.18. The van der Waals surface area contributed by atoms with Crippen LogP contribution in [0.3, 0.4) is 0 Å². The summed E-state index contributed by atoms with van der Waals surface area (Å²) in [6.07, 6.45) is 1.83. The summed E-state index contributed by atoms with van der Waals surface area (Å²) >= 11 is 6.67. The fraction of sp³-hybridized carbons (Fsp3) is 0.0667. The van der Waals surface area contributed by atoms with Crippen molar-refractivity contribution in [3.8, 4) is 17.2 Å². The number of hydrogen-bond donors (Lipinski definition) is 1. The van der Waals surface area contributed by atoms with Gasteiger partial charge in [0.1, 0.15) is 5.75 Å². The fourth-order valence-electron chi connectivity index (χ4n) is 1.73. The van der Waals surface area contributed by atoms with Crippen molar-refractivity contribution in [2.24, 2.45) is 0 Å². The molecule has 0 atom stereocenters. The maximum Gasteiger partial charge on any atom is 0.178 e. The molecule has 2 aromatic carbocycles. The number of ether oxygens (including phenoxy) is 2. The highest BCUT2D eigenvalue weighted by molar-refractivity contribution is 9.28. The van der Waals surface area contributed by atoms with Gasteiger partial charge in [0.25, 0.3) is 0 Å². The highest BCUT2D eigenvalue weighted by atomic mass is 79.9. The van der Waals surface area contributed by atoms with Crippen molar-refractivity contribution < 1.29 is 9.47 Å². The molecule has 5 heteroatoms. The number of rotatable bonds is 4. The van der Waals surface area contributed by atoms with E-state index in [0.29, 0.717) is 17.2 Å². The van der Waals surface area contributed by atoms with Crippen molar-refractivity contribution >= 4 is 43.6 Å². The van der Waals surface area contributed by atoms with Crippen LogP contribution in [0, 0.1) is 0 Å². The monoisotopic (exact) mass is 397 g/mol. The number of hydrogen-bond acceptors (Lipinski definition) is 3. The average molecular weight is 399 g/mol. The molecule has 0 bridgehead atoms. The highest BCUT2D eigenvalue weighted by Gasteiger charge is 2.14. The van der Waals surface area contributed by atoms with Gasteiger partial charge in [-0.15, -0.1) is 0 Å². The Bertz CT molecular complexity index is 623. The van der Waals surface area contributed by atoms with Crippen LogP contribution in [-0.2, 0) is 0 Å². The van der Waals surface area contributed by atoms with Gasteiger partial charge in [0.05, 0.1) is 10.5 Å². The van der Waals surface area contributed by atoms with Crippen LogP contribution >= 0.6 is 31.9 Å². The van der Waals surface area contributed by atoms with Crippen LogP contribution in [0.15, 0.2) is 45.9 Å². The topological polar surface area (TPSA) is 44.5 Å². The highest BCUT2D eigenvalue weighted by Crippen LogP contribution is 2.40. The number of anilines is 1. The van der Waals surface area contributed by atoms with Gasteiger partial charge >= 0.3 is 0 Å². The second-order valence-corrected chi connectivity index (χ2v) is 6.72. The molecule has 0 aliphatic carbocycles. The van der Waals surface area contributed by atoms with E-state index >= 15 is 0 Å². The lowest BCUT2D eigenvalue weighted by molar-refractivity contribution is 0.378. The Kier molecular flexibility index (Phi) is 5.09. The number of methoxy groups -OCH3 is 1. The first-order valence-corrected chi connectivity index (χ1v) is 7.42. The summed E-state index contributed by atoms with van der Waals surface area (Å²) in [5.41, 5.74) is 7.38. The lowest BCUT2D eigenvalue weighted by Crippen LogP contribution is -1.97. The van der Waals surface area contributed by atoms with E-state index in [1.807, 2.05) is 36.4 Å². The van der Waals surface area contributed by atoms with E-state index in [9.17, 15) is 0 Å². The van der Waals surface area contributed by atoms with Crippen molar-refractivity contribution in [1.29, 1.82) is 0 Å². The summed E-state index contributed by atoms with van der Waals surface area (Å²) < 4.78 is 12.0. The molecular weight excluding hydrogens is 386 g/mol. The van der Waals surface area contributed by atoms with Crippen LogP contribution in [0.2, 0.25) is 0 Å². The number of halogens is 2. The lowest BCUT2D eigenvalue weighted by Gasteiger charge is -2.15. The van der Waals surface area contributed by atoms with Crippen molar-refractivity contribution in [3.05, 3.63) is 51.4 Å². The van der Waals surface area contributed by atoms with E-state index in [2.05, 4.69) is 31.9 Å². The summed E-state index contributed by atoms with van der Waals surface area (Å²) in [5, 5.41) is 0. The molecule has 2 aromatic rings. The first-order chi connectivity index (χ1) is 9.61. The SMILES string of the molecule is COc1ccc(N)c(C=C(Br)Br)c1Oc1ccccc1. The number of para-hydroxylation sites is 1. The summed E-state index contributed by atoms with van der Waals surface area (Å²) in [6.45, 7) is 0. The molecular formula is C15H13Br2NO2. The minimum Gasteiger partial charge on any atom is -0.493 e. The molecule has 0 spiro atoms. The molecule has 2 rings (SSSR count). The van der Waals surface area contributed by atoms with Crippen molar-refractivity contribution in [1.82, 2.24) is 0 Å². The third-order valence-electron chi connectivity index (χ3n) is 2.63. The van der Waals surface area contributed by atoms with Crippen LogP contribution in [0.4, 0.5) is 5.69 Å². The summed E-state index contributed by atoms with van der Waals surface area (Å²) in [4.78, 5) is 0. The molecule has 104 valence electrons. The maximum atomic E-state index is 6.03. The molecule has 0 heterocycles. The maximum absolute atomic E-state index is 6.03. The largest absolute Gasteiger partial charge is 0.493 e. The molecule has 2 N–H and O–H groups in total. The van der Waals surface area contributed by atoms with Gasteiger partial charge in [-0.1, -0.05) is 18.2 Å². The number of nitrogen functional groups attached to an aromatic ring is 1. The minimum absolute atomic E-state index is 0.579. The van der Waals surface area contributed by atoms with Gasteiger partial charge in [-0.25, -0.2) is 0 Å². The molecule has 0 unspecified atom stereocenters. The molecule has 0 fully saturated rings. The predicted octanol–water partition coefficient (Wildman–Crippen LogP) is 5.16. The smallest absolute Gasteiger partial charge is 0.178 e. The van der Waals surface area contributed by atoms with Crippen LogP contribution < -0.4 is 15.2 Å². The van der Waals surface area contributed by atoms with Crippen LogP contribution in [-0.4, -0.2) is 7.11 Å². The molecule has 0 aliphatic rings. The molecule has 0 saturated heterocycles. The normalized spacial score (nSPS) is 9.95. The average Bonchev–Trinajstić information content (AvgIpc) is 2.44. The Labute approximate surface area is 134 Å². The summed E-state index contributed by atoms with van der Waals surface area (Å²) in [6, 6.07) is 13.1.